The fourth-order valence-corrected chi connectivity index (χ4v) is 1.91. The molecule has 4 nitrogen and oxygen atoms in total. The summed E-state index contributed by atoms with van der Waals surface area (Å²) in [5.41, 5.74) is 7.71. The van der Waals surface area contributed by atoms with E-state index in [1.54, 1.807) is 4.68 Å². The van der Waals surface area contributed by atoms with E-state index in [2.05, 4.69) is 5.10 Å². The van der Waals surface area contributed by atoms with Crippen molar-refractivity contribution in [1.29, 1.82) is 0 Å². The summed E-state index contributed by atoms with van der Waals surface area (Å²) in [6.07, 6.45) is 0. The number of nitrogens with two attached hydrogens (primary N) is 1. The average molecular weight is 266 g/mol. The number of benzene rings is 1. The average Bonchev–Trinajstić information content (AvgIpc) is 2.58. The third kappa shape index (κ3) is 2.59. The zero-order chi connectivity index (χ0) is 13.1. The van der Waals surface area contributed by atoms with E-state index in [0.717, 1.165) is 17.0 Å². The van der Waals surface area contributed by atoms with E-state index in [4.69, 9.17) is 22.1 Å². The molecule has 0 fully saturated rings. The normalized spacial score (nSPS) is 10.6. The summed E-state index contributed by atoms with van der Waals surface area (Å²) in [4.78, 5) is 0. The number of nitrogen functional groups attached to an aromatic ring is 1. The number of aromatic nitrogens is 2. The van der Waals surface area contributed by atoms with Gasteiger partial charge in [0.05, 0.1) is 18.8 Å². The summed E-state index contributed by atoms with van der Waals surface area (Å²) in [5.74, 6) is 1.35. The molecule has 0 aliphatic heterocycles. The monoisotopic (exact) mass is 265 g/mol. The Morgan fingerprint density at radius 2 is 2.22 bits per heavy atom. The molecule has 2 N–H and O–H groups in total. The van der Waals surface area contributed by atoms with Crippen LogP contribution in [0.3, 0.4) is 0 Å². The lowest BCUT2D eigenvalue weighted by atomic mass is 10.2. The molecule has 1 aromatic carbocycles. The van der Waals surface area contributed by atoms with Crippen molar-refractivity contribution in [1.82, 2.24) is 9.78 Å². The largest absolute Gasteiger partial charge is 0.494 e. The van der Waals surface area contributed by atoms with Crippen LogP contribution in [0, 0.1) is 6.92 Å². The number of ether oxygens (including phenoxy) is 1. The van der Waals surface area contributed by atoms with Gasteiger partial charge < -0.3 is 10.5 Å². The molecular formula is C13H16ClN3O. The highest BCUT2D eigenvalue weighted by atomic mass is 35.5. The molecule has 18 heavy (non-hydrogen) atoms. The van der Waals surface area contributed by atoms with Gasteiger partial charge in [0, 0.05) is 0 Å². The Morgan fingerprint density at radius 3 is 2.83 bits per heavy atom. The number of halogens is 1. The van der Waals surface area contributed by atoms with E-state index in [0.29, 0.717) is 24.0 Å². The Balaban J connectivity index is 2.23. The Hall–Kier alpha value is -1.68. The van der Waals surface area contributed by atoms with Gasteiger partial charge in [0.25, 0.3) is 0 Å². The molecule has 96 valence electrons. The maximum absolute atomic E-state index is 6.01. The van der Waals surface area contributed by atoms with Crippen molar-refractivity contribution in [2.45, 2.75) is 20.4 Å². The quantitative estimate of drug-likeness (QED) is 0.925. The van der Waals surface area contributed by atoms with Gasteiger partial charge in [-0.25, -0.2) is 4.68 Å². The Labute approximate surface area is 111 Å². The number of hydrogen-bond acceptors (Lipinski definition) is 3. The highest BCUT2D eigenvalue weighted by Gasteiger charge is 2.10. The smallest absolute Gasteiger partial charge is 0.141 e. The minimum Gasteiger partial charge on any atom is -0.494 e. The van der Waals surface area contributed by atoms with Crippen LogP contribution >= 0.6 is 11.6 Å². The van der Waals surface area contributed by atoms with Crippen LogP contribution in [0.25, 0.3) is 0 Å². The molecule has 2 aromatic rings. The SMILES string of the molecule is CCOc1cccc(Cn2nc(C)c(Cl)c2N)c1. The van der Waals surface area contributed by atoms with Crippen LogP contribution in [0.1, 0.15) is 18.2 Å². The number of anilines is 1. The lowest BCUT2D eigenvalue weighted by Gasteiger charge is -2.07. The number of aryl methyl sites for hydroxylation is 1. The van der Waals surface area contributed by atoms with Crippen LogP contribution in [-0.2, 0) is 6.54 Å². The molecule has 0 aliphatic rings. The third-order valence-corrected chi connectivity index (χ3v) is 3.10. The van der Waals surface area contributed by atoms with E-state index < -0.39 is 0 Å². The summed E-state index contributed by atoms with van der Waals surface area (Å²) in [7, 11) is 0. The standard InChI is InChI=1S/C13H16ClN3O/c1-3-18-11-6-4-5-10(7-11)8-17-13(15)12(14)9(2)16-17/h4-7H,3,8,15H2,1-2H3. The van der Waals surface area contributed by atoms with Gasteiger partial charge in [0.1, 0.15) is 16.6 Å². The molecule has 0 saturated carbocycles. The van der Waals surface area contributed by atoms with Crippen molar-refractivity contribution < 1.29 is 4.74 Å². The van der Waals surface area contributed by atoms with E-state index in [1.165, 1.54) is 0 Å². The van der Waals surface area contributed by atoms with Gasteiger partial charge >= 0.3 is 0 Å². The first kappa shape index (κ1) is 12.8. The summed E-state index contributed by atoms with van der Waals surface area (Å²) >= 11 is 6.01. The van der Waals surface area contributed by atoms with Crippen LogP contribution in [-0.4, -0.2) is 16.4 Å². The van der Waals surface area contributed by atoms with Crippen molar-refractivity contribution in [2.24, 2.45) is 0 Å². The van der Waals surface area contributed by atoms with Crippen LogP contribution in [0.5, 0.6) is 5.75 Å². The second-order valence-corrected chi connectivity index (χ2v) is 4.40. The van der Waals surface area contributed by atoms with Crippen molar-refractivity contribution in [3.05, 3.63) is 40.5 Å². The lowest BCUT2D eigenvalue weighted by molar-refractivity contribution is 0.340. The first-order valence-corrected chi connectivity index (χ1v) is 6.19. The van der Waals surface area contributed by atoms with E-state index in [1.807, 2.05) is 38.1 Å². The van der Waals surface area contributed by atoms with Crippen molar-refractivity contribution in [2.75, 3.05) is 12.3 Å². The van der Waals surface area contributed by atoms with Gasteiger partial charge in [0.15, 0.2) is 0 Å². The first-order valence-electron chi connectivity index (χ1n) is 5.82. The molecule has 0 spiro atoms. The first-order chi connectivity index (χ1) is 8.61. The molecule has 0 saturated heterocycles. The summed E-state index contributed by atoms with van der Waals surface area (Å²) in [6.45, 7) is 5.03. The Bertz CT molecular complexity index is 551. The zero-order valence-electron chi connectivity index (χ0n) is 10.5. The van der Waals surface area contributed by atoms with Gasteiger partial charge in [0.2, 0.25) is 0 Å². The highest BCUT2D eigenvalue weighted by molar-refractivity contribution is 6.33. The summed E-state index contributed by atoms with van der Waals surface area (Å²) < 4.78 is 7.15. The summed E-state index contributed by atoms with van der Waals surface area (Å²) in [6, 6.07) is 7.87. The van der Waals surface area contributed by atoms with Gasteiger partial charge in [-0.2, -0.15) is 5.10 Å². The molecule has 0 bridgehead atoms. The maximum Gasteiger partial charge on any atom is 0.141 e. The maximum atomic E-state index is 6.01. The minimum atomic E-state index is 0.496. The van der Waals surface area contributed by atoms with E-state index >= 15 is 0 Å². The van der Waals surface area contributed by atoms with Crippen LogP contribution in [0.15, 0.2) is 24.3 Å². The van der Waals surface area contributed by atoms with Crippen LogP contribution < -0.4 is 10.5 Å². The van der Waals surface area contributed by atoms with Gasteiger partial charge in [-0.05, 0) is 31.5 Å². The molecule has 2 rings (SSSR count). The summed E-state index contributed by atoms with van der Waals surface area (Å²) in [5, 5.41) is 4.82. The van der Waals surface area contributed by atoms with Gasteiger partial charge in [-0.3, -0.25) is 0 Å². The predicted octanol–water partition coefficient (Wildman–Crippen LogP) is 2.87. The fraction of sp³-hybridized carbons (Fsp3) is 0.308. The number of rotatable bonds is 4. The molecule has 0 radical (unpaired) electrons. The van der Waals surface area contributed by atoms with Crippen LogP contribution in [0.2, 0.25) is 5.02 Å². The topological polar surface area (TPSA) is 53.1 Å². The molecule has 0 atom stereocenters. The van der Waals surface area contributed by atoms with Crippen molar-refractivity contribution >= 4 is 17.4 Å². The second-order valence-electron chi connectivity index (χ2n) is 4.02. The van der Waals surface area contributed by atoms with Crippen molar-refractivity contribution in [3.63, 3.8) is 0 Å². The minimum absolute atomic E-state index is 0.496. The molecule has 0 aliphatic carbocycles. The molecule has 0 amide bonds. The molecular weight excluding hydrogens is 250 g/mol. The number of nitrogens with zero attached hydrogens (tertiary/aromatic N) is 2. The van der Waals surface area contributed by atoms with Gasteiger partial charge in [-0.15, -0.1) is 0 Å². The van der Waals surface area contributed by atoms with Crippen molar-refractivity contribution in [3.8, 4) is 5.75 Å². The highest BCUT2D eigenvalue weighted by Crippen LogP contribution is 2.23. The zero-order valence-corrected chi connectivity index (χ0v) is 11.2. The van der Waals surface area contributed by atoms with E-state index in [9.17, 15) is 0 Å². The second kappa shape index (κ2) is 5.31. The Kier molecular flexibility index (Phi) is 3.77. The predicted molar refractivity (Wildman–Crippen MR) is 73.1 cm³/mol. The molecule has 1 aromatic heterocycles. The van der Waals surface area contributed by atoms with E-state index in [-0.39, 0.29) is 0 Å². The van der Waals surface area contributed by atoms with Crippen LogP contribution in [0.4, 0.5) is 5.82 Å². The Morgan fingerprint density at radius 1 is 1.44 bits per heavy atom. The molecule has 1 heterocycles. The lowest BCUT2D eigenvalue weighted by Crippen LogP contribution is -2.06. The molecule has 0 unspecified atom stereocenters. The molecule has 5 heteroatoms. The number of hydrogen-bond donors (Lipinski definition) is 1. The fourth-order valence-electron chi connectivity index (χ4n) is 1.77. The third-order valence-electron chi connectivity index (χ3n) is 2.63. The van der Waals surface area contributed by atoms with Gasteiger partial charge in [-0.1, -0.05) is 23.7 Å².